The minimum Gasteiger partial charge on any atom is -0.352 e. The van der Waals surface area contributed by atoms with E-state index in [2.05, 4.69) is 5.32 Å². The average molecular weight is 645 g/mol. The highest BCUT2D eigenvalue weighted by Crippen LogP contribution is 2.30. The fourth-order valence-electron chi connectivity index (χ4n) is 5.66. The van der Waals surface area contributed by atoms with Gasteiger partial charge in [0, 0.05) is 28.2 Å². The molecule has 43 heavy (non-hydrogen) atoms. The van der Waals surface area contributed by atoms with Crippen molar-refractivity contribution in [2.45, 2.75) is 82.8 Å². The molecule has 3 aromatic carbocycles. The molecule has 4 rings (SSSR count). The topological polar surface area (TPSA) is 86.8 Å². The summed E-state index contributed by atoms with van der Waals surface area (Å²) in [6.45, 7) is 5.01. The van der Waals surface area contributed by atoms with E-state index < -0.39 is 28.5 Å². The lowest BCUT2D eigenvalue weighted by Crippen LogP contribution is -2.54. The van der Waals surface area contributed by atoms with Crippen LogP contribution in [0.5, 0.6) is 0 Å². The van der Waals surface area contributed by atoms with Gasteiger partial charge in [0.15, 0.2) is 0 Å². The van der Waals surface area contributed by atoms with E-state index in [9.17, 15) is 18.0 Å². The quantitative estimate of drug-likeness (QED) is 0.242. The van der Waals surface area contributed by atoms with Crippen molar-refractivity contribution in [1.82, 2.24) is 10.2 Å². The highest BCUT2D eigenvalue weighted by molar-refractivity contribution is 7.92. The van der Waals surface area contributed by atoms with Gasteiger partial charge in [-0.15, -0.1) is 0 Å². The highest BCUT2D eigenvalue weighted by Gasteiger charge is 2.35. The predicted molar refractivity (Wildman–Crippen MR) is 173 cm³/mol. The Morgan fingerprint density at radius 1 is 0.907 bits per heavy atom. The third kappa shape index (κ3) is 8.11. The first-order valence-corrected chi connectivity index (χ1v) is 16.9. The molecule has 0 aromatic heterocycles. The molecule has 10 heteroatoms. The van der Waals surface area contributed by atoms with Crippen molar-refractivity contribution < 1.29 is 18.0 Å². The summed E-state index contributed by atoms with van der Waals surface area (Å²) in [5, 5.41) is 3.86. The van der Waals surface area contributed by atoms with E-state index in [-0.39, 0.29) is 23.4 Å². The number of sulfonamides is 1. The average Bonchev–Trinajstić information content (AvgIpc) is 2.97. The maximum atomic E-state index is 14.4. The Hall–Kier alpha value is -3.07. The smallest absolute Gasteiger partial charge is 0.264 e. The molecule has 1 fully saturated rings. The number of nitrogens with one attached hydrogen (secondary N) is 1. The molecule has 1 aliphatic carbocycles. The van der Waals surface area contributed by atoms with E-state index in [1.807, 2.05) is 26.8 Å². The molecule has 2 amide bonds. The summed E-state index contributed by atoms with van der Waals surface area (Å²) >= 11 is 13.0. The van der Waals surface area contributed by atoms with Crippen LogP contribution >= 0.6 is 23.2 Å². The third-order valence-electron chi connectivity index (χ3n) is 7.83. The number of halogens is 2. The van der Waals surface area contributed by atoms with E-state index in [0.29, 0.717) is 27.7 Å². The van der Waals surface area contributed by atoms with Crippen molar-refractivity contribution in [2.75, 3.05) is 10.8 Å². The van der Waals surface area contributed by atoms with E-state index in [1.165, 1.54) is 17.0 Å². The van der Waals surface area contributed by atoms with Crippen molar-refractivity contribution in [1.29, 1.82) is 0 Å². The molecule has 7 nitrogen and oxygen atoms in total. The molecule has 1 saturated carbocycles. The molecule has 0 bridgehead atoms. The first kappa shape index (κ1) is 32.8. The molecule has 0 aliphatic heterocycles. The lowest BCUT2D eigenvalue weighted by Gasteiger charge is -2.35. The van der Waals surface area contributed by atoms with Gasteiger partial charge in [0.1, 0.15) is 12.6 Å². The summed E-state index contributed by atoms with van der Waals surface area (Å²) in [5.74, 6) is -0.810. The first-order valence-electron chi connectivity index (χ1n) is 14.7. The van der Waals surface area contributed by atoms with Crippen molar-refractivity contribution in [3.63, 3.8) is 0 Å². The Morgan fingerprint density at radius 2 is 1.51 bits per heavy atom. The summed E-state index contributed by atoms with van der Waals surface area (Å²) in [4.78, 5) is 29.5. The van der Waals surface area contributed by atoms with Crippen molar-refractivity contribution in [3.05, 3.63) is 93.5 Å². The number of carbonyl (C=O) groups is 2. The number of hydrogen-bond donors (Lipinski definition) is 1. The van der Waals surface area contributed by atoms with Gasteiger partial charge < -0.3 is 10.2 Å². The van der Waals surface area contributed by atoms with E-state index in [4.69, 9.17) is 23.2 Å². The number of benzene rings is 3. The summed E-state index contributed by atoms with van der Waals surface area (Å²) in [5.41, 5.74) is 2.57. The zero-order valence-electron chi connectivity index (χ0n) is 24.9. The van der Waals surface area contributed by atoms with Gasteiger partial charge in [-0.05, 0) is 80.6 Å². The molecule has 3 aromatic rings. The number of rotatable bonds is 11. The number of anilines is 1. The Balaban J connectivity index is 1.75. The normalized spacial score (nSPS) is 14.6. The summed E-state index contributed by atoms with van der Waals surface area (Å²) in [6.07, 6.45) is 5.33. The van der Waals surface area contributed by atoms with E-state index >= 15 is 0 Å². The maximum absolute atomic E-state index is 14.4. The van der Waals surface area contributed by atoms with E-state index in [1.54, 1.807) is 48.5 Å². The zero-order chi connectivity index (χ0) is 31.1. The molecule has 0 heterocycles. The SMILES string of the molecule is CCC(C(=O)NC1CCCCC1)N(Cc1c(Cl)cccc1Cl)C(=O)CN(c1cc(C)cc(C)c1)S(=O)(=O)c1ccccc1. The highest BCUT2D eigenvalue weighted by atomic mass is 35.5. The van der Waals surface area contributed by atoms with Crippen LogP contribution in [0.1, 0.15) is 62.1 Å². The second-order valence-corrected chi connectivity index (χ2v) is 13.8. The Kier molecular flexibility index (Phi) is 11.2. The van der Waals surface area contributed by atoms with Crippen molar-refractivity contribution >= 4 is 50.7 Å². The molecule has 1 atom stereocenters. The number of carbonyl (C=O) groups excluding carboxylic acids is 2. The van der Waals surface area contributed by atoms with Gasteiger partial charge in [0.2, 0.25) is 11.8 Å². The zero-order valence-corrected chi connectivity index (χ0v) is 27.2. The third-order valence-corrected chi connectivity index (χ3v) is 10.3. The van der Waals surface area contributed by atoms with Crippen LogP contribution in [0.15, 0.2) is 71.6 Å². The van der Waals surface area contributed by atoms with Gasteiger partial charge in [-0.1, -0.05) is 79.7 Å². The predicted octanol–water partition coefficient (Wildman–Crippen LogP) is 7.06. The van der Waals surface area contributed by atoms with Gasteiger partial charge in [-0.25, -0.2) is 8.42 Å². The molecule has 0 spiro atoms. The van der Waals surface area contributed by atoms with Crippen LogP contribution in [0.2, 0.25) is 10.0 Å². The maximum Gasteiger partial charge on any atom is 0.264 e. The lowest BCUT2D eigenvalue weighted by molar-refractivity contribution is -0.140. The fraction of sp³-hybridized carbons (Fsp3) is 0.394. The van der Waals surface area contributed by atoms with Gasteiger partial charge >= 0.3 is 0 Å². The Bertz CT molecular complexity index is 1500. The second kappa shape index (κ2) is 14.6. The van der Waals surface area contributed by atoms with Gasteiger partial charge in [0.05, 0.1) is 10.6 Å². The molecule has 230 valence electrons. The Morgan fingerprint density at radius 3 is 2.09 bits per heavy atom. The van der Waals surface area contributed by atoms with Crippen LogP contribution in [0.3, 0.4) is 0 Å². The van der Waals surface area contributed by atoms with Crippen LogP contribution < -0.4 is 9.62 Å². The van der Waals surface area contributed by atoms with Gasteiger partial charge in [0.25, 0.3) is 10.0 Å². The van der Waals surface area contributed by atoms with Crippen LogP contribution in [0, 0.1) is 13.8 Å². The Labute approximate surface area is 265 Å². The largest absolute Gasteiger partial charge is 0.352 e. The minimum atomic E-state index is -4.15. The van der Waals surface area contributed by atoms with Gasteiger partial charge in [-0.3, -0.25) is 13.9 Å². The van der Waals surface area contributed by atoms with Gasteiger partial charge in [-0.2, -0.15) is 0 Å². The van der Waals surface area contributed by atoms with Crippen LogP contribution in [-0.2, 0) is 26.2 Å². The summed E-state index contributed by atoms with van der Waals surface area (Å²) in [6, 6.07) is 17.7. The lowest BCUT2D eigenvalue weighted by atomic mass is 9.95. The number of hydrogen-bond acceptors (Lipinski definition) is 4. The number of amides is 2. The second-order valence-electron chi connectivity index (χ2n) is 11.2. The standard InChI is InChI=1S/C33H39Cl2N3O4S/c1-4-31(33(40)36-25-12-7-5-8-13-25)37(21-28-29(34)16-11-17-30(28)35)32(39)22-38(26-19-23(2)18-24(3)20-26)43(41,42)27-14-9-6-10-15-27/h6,9-11,14-20,25,31H,4-5,7-8,12-13,21-22H2,1-3H3,(H,36,40). The van der Waals surface area contributed by atoms with Crippen molar-refractivity contribution in [2.24, 2.45) is 0 Å². The van der Waals surface area contributed by atoms with Crippen LogP contribution in [-0.4, -0.2) is 43.8 Å². The molecule has 1 unspecified atom stereocenters. The van der Waals surface area contributed by atoms with Crippen LogP contribution in [0.4, 0.5) is 5.69 Å². The molecule has 1 N–H and O–H groups in total. The fourth-order valence-corrected chi connectivity index (χ4v) is 7.60. The molecule has 0 saturated heterocycles. The number of aryl methyl sites for hydroxylation is 2. The van der Waals surface area contributed by atoms with E-state index in [0.717, 1.165) is 47.5 Å². The number of nitrogens with zero attached hydrogens (tertiary/aromatic N) is 2. The van der Waals surface area contributed by atoms with Crippen LogP contribution in [0.25, 0.3) is 0 Å². The molecular weight excluding hydrogens is 605 g/mol. The molecule has 1 aliphatic rings. The summed E-state index contributed by atoms with van der Waals surface area (Å²) < 4.78 is 29.2. The monoisotopic (exact) mass is 643 g/mol. The summed E-state index contributed by atoms with van der Waals surface area (Å²) in [7, 11) is -4.15. The first-order chi connectivity index (χ1) is 20.5. The minimum absolute atomic E-state index is 0.0429. The van der Waals surface area contributed by atoms with Crippen molar-refractivity contribution in [3.8, 4) is 0 Å². The molecular formula is C33H39Cl2N3O4S. The molecule has 0 radical (unpaired) electrons.